The number of alkyl halides is 3. The van der Waals surface area contributed by atoms with Gasteiger partial charge in [0.1, 0.15) is 6.61 Å². The van der Waals surface area contributed by atoms with Gasteiger partial charge in [0.05, 0.1) is 0 Å². The molecule has 1 aliphatic rings. The Labute approximate surface area is 128 Å². The van der Waals surface area contributed by atoms with E-state index in [1.807, 2.05) is 19.2 Å². The molecule has 1 fully saturated rings. The fourth-order valence-corrected chi connectivity index (χ4v) is 2.61. The minimum Gasteiger partial charge on any atom is -0.372 e. The zero-order chi connectivity index (χ0) is 16.0. The van der Waals surface area contributed by atoms with E-state index in [0.29, 0.717) is 6.42 Å². The number of pyridine rings is 1. The highest BCUT2D eigenvalue weighted by Crippen LogP contribution is 2.20. The lowest BCUT2D eigenvalue weighted by molar-refractivity contribution is -0.174. The van der Waals surface area contributed by atoms with Crippen LogP contribution in [0.5, 0.6) is 0 Å². The van der Waals surface area contributed by atoms with Crippen LogP contribution in [0.25, 0.3) is 0 Å². The molecule has 1 aromatic heterocycles. The Kier molecular flexibility index (Phi) is 6.02. The maximum Gasteiger partial charge on any atom is 0.411 e. The normalized spacial score (nSPS) is 17.0. The van der Waals surface area contributed by atoms with Crippen molar-refractivity contribution in [2.24, 2.45) is 0 Å². The molecular weight excluding hydrogens is 295 g/mol. The lowest BCUT2D eigenvalue weighted by Crippen LogP contribution is -2.47. The van der Waals surface area contributed by atoms with Crippen LogP contribution in [0.3, 0.4) is 0 Å². The van der Waals surface area contributed by atoms with Crippen LogP contribution in [-0.4, -0.2) is 62.0 Å². The summed E-state index contributed by atoms with van der Waals surface area (Å²) in [5.74, 6) is 0. The van der Waals surface area contributed by atoms with Crippen LogP contribution in [0.2, 0.25) is 0 Å². The van der Waals surface area contributed by atoms with Gasteiger partial charge in [-0.3, -0.25) is 9.88 Å². The van der Waals surface area contributed by atoms with Crippen LogP contribution >= 0.6 is 0 Å². The maximum atomic E-state index is 11.9. The first-order valence-electron chi connectivity index (χ1n) is 7.48. The minimum atomic E-state index is -4.23. The number of nitrogens with zero attached hydrogens (tertiary/aromatic N) is 3. The summed E-state index contributed by atoms with van der Waals surface area (Å²) in [6.07, 6.45) is 0.0603. The Morgan fingerprint density at radius 1 is 1.23 bits per heavy atom. The summed E-state index contributed by atoms with van der Waals surface area (Å²) >= 11 is 0. The summed E-state index contributed by atoms with van der Waals surface area (Å²) in [5, 5.41) is 0. The van der Waals surface area contributed by atoms with Gasteiger partial charge in [-0.25, -0.2) is 0 Å². The number of ether oxygens (including phenoxy) is 1. The van der Waals surface area contributed by atoms with Crippen LogP contribution in [0.15, 0.2) is 18.5 Å². The fraction of sp³-hybridized carbons (Fsp3) is 0.667. The second kappa shape index (κ2) is 7.78. The van der Waals surface area contributed by atoms with Crippen molar-refractivity contribution in [3.63, 3.8) is 0 Å². The molecule has 0 amide bonds. The van der Waals surface area contributed by atoms with Gasteiger partial charge in [0.15, 0.2) is 0 Å². The number of aryl methyl sites for hydroxylation is 1. The van der Waals surface area contributed by atoms with E-state index in [9.17, 15) is 13.2 Å². The molecule has 1 aromatic rings. The Morgan fingerprint density at radius 3 is 2.59 bits per heavy atom. The molecule has 2 heterocycles. The molecule has 0 N–H and O–H groups in total. The van der Waals surface area contributed by atoms with Crippen molar-refractivity contribution in [2.75, 3.05) is 50.8 Å². The number of rotatable bonds is 6. The van der Waals surface area contributed by atoms with Gasteiger partial charge in [-0.1, -0.05) is 0 Å². The Morgan fingerprint density at radius 2 is 1.95 bits per heavy atom. The van der Waals surface area contributed by atoms with Gasteiger partial charge in [-0.05, 0) is 25.0 Å². The number of aromatic nitrogens is 1. The maximum absolute atomic E-state index is 11.9. The molecular formula is C15H22F3N3O. The quantitative estimate of drug-likeness (QED) is 0.754. The summed E-state index contributed by atoms with van der Waals surface area (Å²) in [6.45, 7) is 5.52. The monoisotopic (exact) mass is 317 g/mol. The number of hydrogen-bond donors (Lipinski definition) is 0. The Bertz CT molecular complexity index is 460. The standard InChI is InChI=1S/C15H22F3N3O/c1-13-11-19-4-3-14(13)21-8-6-20(7-9-21)5-2-10-22-12-15(16,17)18/h3-4,11H,2,5-10,12H2,1H3. The van der Waals surface area contributed by atoms with Crippen LogP contribution in [0.4, 0.5) is 18.9 Å². The van der Waals surface area contributed by atoms with Gasteiger partial charge in [-0.15, -0.1) is 0 Å². The fourth-order valence-electron chi connectivity index (χ4n) is 2.61. The summed E-state index contributed by atoms with van der Waals surface area (Å²) in [5.41, 5.74) is 2.37. The first-order valence-corrected chi connectivity index (χ1v) is 7.48. The molecule has 2 rings (SSSR count). The summed E-state index contributed by atoms with van der Waals surface area (Å²) in [6, 6.07) is 2.02. The number of anilines is 1. The second-order valence-corrected chi connectivity index (χ2v) is 5.51. The summed E-state index contributed by atoms with van der Waals surface area (Å²) < 4.78 is 40.4. The lowest BCUT2D eigenvalue weighted by atomic mass is 10.2. The van der Waals surface area contributed by atoms with Crippen molar-refractivity contribution in [2.45, 2.75) is 19.5 Å². The lowest BCUT2D eigenvalue weighted by Gasteiger charge is -2.36. The topological polar surface area (TPSA) is 28.6 Å². The van der Waals surface area contributed by atoms with Crippen LogP contribution < -0.4 is 4.90 Å². The zero-order valence-corrected chi connectivity index (χ0v) is 12.8. The molecule has 0 radical (unpaired) electrons. The van der Waals surface area contributed by atoms with E-state index in [2.05, 4.69) is 19.5 Å². The number of halogens is 3. The predicted octanol–water partition coefficient (Wildman–Crippen LogP) is 2.48. The molecule has 0 unspecified atom stereocenters. The molecule has 0 spiro atoms. The van der Waals surface area contributed by atoms with Crippen LogP contribution in [-0.2, 0) is 4.74 Å². The molecule has 0 bridgehead atoms. The highest BCUT2D eigenvalue weighted by Gasteiger charge is 2.27. The smallest absolute Gasteiger partial charge is 0.372 e. The van der Waals surface area contributed by atoms with Gasteiger partial charge in [-0.2, -0.15) is 13.2 Å². The predicted molar refractivity (Wildman–Crippen MR) is 79.1 cm³/mol. The summed E-state index contributed by atoms with van der Waals surface area (Å²) in [7, 11) is 0. The summed E-state index contributed by atoms with van der Waals surface area (Å²) in [4.78, 5) is 8.69. The highest BCUT2D eigenvalue weighted by atomic mass is 19.4. The van der Waals surface area contributed by atoms with E-state index >= 15 is 0 Å². The van der Waals surface area contributed by atoms with E-state index in [0.717, 1.165) is 38.3 Å². The number of piperazine rings is 1. The van der Waals surface area contributed by atoms with Gasteiger partial charge in [0, 0.05) is 57.4 Å². The van der Waals surface area contributed by atoms with Gasteiger partial charge in [0.2, 0.25) is 0 Å². The van der Waals surface area contributed by atoms with Crippen molar-refractivity contribution in [1.82, 2.24) is 9.88 Å². The first kappa shape index (κ1) is 17.0. The Hall–Kier alpha value is -1.34. The third-order valence-electron chi connectivity index (χ3n) is 3.73. The molecule has 1 saturated heterocycles. The molecule has 22 heavy (non-hydrogen) atoms. The van der Waals surface area contributed by atoms with Crippen molar-refractivity contribution in [3.8, 4) is 0 Å². The largest absolute Gasteiger partial charge is 0.411 e. The third-order valence-corrected chi connectivity index (χ3v) is 3.73. The van der Waals surface area contributed by atoms with E-state index in [-0.39, 0.29) is 6.61 Å². The van der Waals surface area contributed by atoms with E-state index < -0.39 is 12.8 Å². The zero-order valence-electron chi connectivity index (χ0n) is 12.8. The molecule has 0 atom stereocenters. The van der Waals surface area contributed by atoms with Gasteiger partial charge in [0.25, 0.3) is 0 Å². The van der Waals surface area contributed by atoms with Crippen LogP contribution in [0, 0.1) is 6.92 Å². The van der Waals surface area contributed by atoms with E-state index in [1.54, 1.807) is 6.20 Å². The van der Waals surface area contributed by atoms with E-state index in [4.69, 9.17) is 0 Å². The molecule has 124 valence electrons. The molecule has 7 heteroatoms. The SMILES string of the molecule is Cc1cnccc1N1CCN(CCCOCC(F)(F)F)CC1. The first-order chi connectivity index (χ1) is 10.5. The highest BCUT2D eigenvalue weighted by molar-refractivity contribution is 5.51. The Balaban J connectivity index is 1.64. The van der Waals surface area contributed by atoms with Crippen molar-refractivity contribution >= 4 is 5.69 Å². The average Bonchev–Trinajstić information content (AvgIpc) is 2.47. The van der Waals surface area contributed by atoms with Crippen molar-refractivity contribution in [1.29, 1.82) is 0 Å². The molecule has 0 aromatic carbocycles. The second-order valence-electron chi connectivity index (χ2n) is 5.51. The number of hydrogen-bond acceptors (Lipinski definition) is 4. The van der Waals surface area contributed by atoms with Crippen molar-refractivity contribution < 1.29 is 17.9 Å². The van der Waals surface area contributed by atoms with Crippen LogP contribution in [0.1, 0.15) is 12.0 Å². The van der Waals surface area contributed by atoms with Gasteiger partial charge >= 0.3 is 6.18 Å². The molecule has 0 aliphatic carbocycles. The van der Waals surface area contributed by atoms with Crippen molar-refractivity contribution in [3.05, 3.63) is 24.0 Å². The van der Waals surface area contributed by atoms with E-state index in [1.165, 1.54) is 5.69 Å². The van der Waals surface area contributed by atoms with Gasteiger partial charge < -0.3 is 9.64 Å². The minimum absolute atomic E-state index is 0.156. The third kappa shape index (κ3) is 5.46. The molecule has 1 aliphatic heterocycles. The molecule has 0 saturated carbocycles. The average molecular weight is 317 g/mol. The molecule has 4 nitrogen and oxygen atoms in total.